The molecule has 18 heavy (non-hydrogen) atoms. The van der Waals surface area contributed by atoms with E-state index in [1.54, 1.807) is 0 Å². The van der Waals surface area contributed by atoms with Crippen molar-refractivity contribution in [2.45, 2.75) is 37.9 Å². The lowest BCUT2D eigenvalue weighted by molar-refractivity contribution is -0.349. The van der Waals surface area contributed by atoms with E-state index < -0.39 is 37.8 Å². The van der Waals surface area contributed by atoms with E-state index in [4.69, 9.17) is 4.89 Å². The molecule has 1 heterocycles. The van der Waals surface area contributed by atoms with Crippen LogP contribution in [-0.2, 0) is 13.6 Å². The predicted molar refractivity (Wildman–Crippen MR) is 45.5 cm³/mol. The first-order chi connectivity index (χ1) is 7.80. The van der Waals surface area contributed by atoms with Crippen LogP contribution in [0.25, 0.3) is 0 Å². The van der Waals surface area contributed by atoms with Gasteiger partial charge in [0.15, 0.2) is 0 Å². The zero-order chi connectivity index (χ0) is 14.6. The number of halogens is 6. The summed E-state index contributed by atoms with van der Waals surface area (Å²) in [7, 11) is -5.57. The summed E-state index contributed by atoms with van der Waals surface area (Å²) in [5.74, 6) is -5.96. The number of rotatable bonds is 2. The number of phosphoric acid groups is 1. The Hall–Kier alpha value is -0.310. The number of hydrogen-bond acceptors (Lipinski definition) is 3. The van der Waals surface area contributed by atoms with Crippen LogP contribution >= 0.6 is 7.82 Å². The maximum Gasteiger partial charge on any atom is 0.476 e. The van der Waals surface area contributed by atoms with Crippen molar-refractivity contribution >= 4 is 7.82 Å². The first-order valence-corrected chi connectivity index (χ1v) is 6.08. The molecule has 1 aliphatic rings. The van der Waals surface area contributed by atoms with Crippen LogP contribution in [0.5, 0.6) is 0 Å². The normalized spacial score (nSPS) is 41.9. The number of phosphoric ester groups is 1. The minimum Gasteiger partial charge on any atom is -0.302 e. The van der Waals surface area contributed by atoms with Gasteiger partial charge in [0.2, 0.25) is 0 Å². The molecule has 0 aromatic rings. The smallest absolute Gasteiger partial charge is 0.302 e. The van der Waals surface area contributed by atoms with Crippen molar-refractivity contribution < 1.29 is 44.8 Å². The van der Waals surface area contributed by atoms with E-state index in [0.29, 0.717) is 0 Å². The summed E-state index contributed by atoms with van der Waals surface area (Å²) >= 11 is 0. The topological polar surface area (TPSA) is 55.8 Å². The fraction of sp³-hybridized carbons (Fsp3) is 1.00. The Kier molecular flexibility index (Phi) is 3.58. The van der Waals surface area contributed by atoms with E-state index in [9.17, 15) is 30.9 Å². The zero-order valence-electron chi connectivity index (χ0n) is 9.04. The molecule has 108 valence electrons. The van der Waals surface area contributed by atoms with E-state index in [0.717, 1.165) is 13.8 Å². The fourth-order valence-electron chi connectivity index (χ4n) is 1.59. The Labute approximate surface area is 97.5 Å². The lowest BCUT2D eigenvalue weighted by Crippen LogP contribution is -2.65. The number of hydrogen-bond donors (Lipinski definition) is 1. The third-order valence-electron chi connectivity index (χ3n) is 2.49. The highest BCUT2D eigenvalue weighted by molar-refractivity contribution is 7.47. The van der Waals surface area contributed by atoms with Gasteiger partial charge in [-0.05, 0) is 0 Å². The second-order valence-corrected chi connectivity index (χ2v) is 5.29. The minimum absolute atomic E-state index is 0.789. The van der Waals surface area contributed by atoms with Crippen molar-refractivity contribution in [3.63, 3.8) is 0 Å². The molecule has 0 amide bonds. The van der Waals surface area contributed by atoms with Crippen molar-refractivity contribution in [1.82, 2.24) is 0 Å². The minimum atomic E-state index is -5.94. The van der Waals surface area contributed by atoms with Gasteiger partial charge in [0.1, 0.15) is 0 Å². The largest absolute Gasteiger partial charge is 0.476 e. The fourth-order valence-corrected chi connectivity index (χ4v) is 2.98. The van der Waals surface area contributed by atoms with Gasteiger partial charge in [-0.1, -0.05) is 13.8 Å². The average Bonchev–Trinajstić information content (AvgIpc) is 2.33. The summed E-state index contributed by atoms with van der Waals surface area (Å²) in [5.41, 5.74) is -4.79. The van der Waals surface area contributed by atoms with Gasteiger partial charge in [-0.3, -0.25) is 4.52 Å². The summed E-state index contributed by atoms with van der Waals surface area (Å²) in [6.07, 6.45) is -10.4. The molecule has 3 unspecified atom stereocenters. The summed E-state index contributed by atoms with van der Waals surface area (Å²) in [6, 6.07) is 0. The van der Waals surface area contributed by atoms with Gasteiger partial charge in [0.25, 0.3) is 17.9 Å². The summed E-state index contributed by atoms with van der Waals surface area (Å²) in [4.78, 5) is 8.76. The second kappa shape index (κ2) is 4.09. The van der Waals surface area contributed by atoms with Crippen LogP contribution < -0.4 is 0 Å². The molecule has 1 fully saturated rings. The highest BCUT2D eigenvalue weighted by Crippen LogP contribution is 2.69. The average molecular weight is 302 g/mol. The maximum absolute atomic E-state index is 14.1. The Morgan fingerprint density at radius 1 is 1.22 bits per heavy atom. The Bertz CT molecular complexity index is 385. The second-order valence-electron chi connectivity index (χ2n) is 3.98. The molecule has 3 atom stereocenters. The van der Waals surface area contributed by atoms with Crippen LogP contribution in [0.4, 0.5) is 26.3 Å². The molecule has 1 rings (SSSR count). The van der Waals surface area contributed by atoms with E-state index >= 15 is 0 Å². The van der Waals surface area contributed by atoms with Crippen LogP contribution in [0.1, 0.15) is 13.8 Å². The predicted octanol–water partition coefficient (Wildman–Crippen LogP) is 3.02. The molecule has 11 heteroatoms. The van der Waals surface area contributed by atoms with Crippen LogP contribution in [0.3, 0.4) is 0 Å². The van der Waals surface area contributed by atoms with Crippen molar-refractivity contribution in [2.75, 3.05) is 0 Å². The lowest BCUT2D eigenvalue weighted by atomic mass is 9.85. The first kappa shape index (κ1) is 15.7. The van der Waals surface area contributed by atoms with Crippen LogP contribution in [0.15, 0.2) is 0 Å². The molecule has 0 aliphatic carbocycles. The van der Waals surface area contributed by atoms with E-state index in [1.165, 1.54) is 0 Å². The molecule has 1 aliphatic heterocycles. The molecule has 0 radical (unpaired) electrons. The van der Waals surface area contributed by atoms with Gasteiger partial charge in [-0.15, -0.1) is 0 Å². The van der Waals surface area contributed by atoms with E-state index in [-0.39, 0.29) is 0 Å². The number of alkyl halides is 6. The highest BCUT2D eigenvalue weighted by Gasteiger charge is 2.84. The van der Waals surface area contributed by atoms with Gasteiger partial charge < -0.3 is 4.89 Å². The molecular formula is C7H9F6O4P. The quantitative estimate of drug-likeness (QED) is 0.629. The first-order valence-electron chi connectivity index (χ1n) is 4.58. The van der Waals surface area contributed by atoms with Gasteiger partial charge in [0.05, 0.1) is 0 Å². The van der Waals surface area contributed by atoms with Gasteiger partial charge in [-0.2, -0.15) is 13.2 Å². The monoisotopic (exact) mass is 302 g/mol. The molecule has 0 aromatic heterocycles. The molecule has 4 nitrogen and oxygen atoms in total. The van der Waals surface area contributed by atoms with Crippen LogP contribution in [0.2, 0.25) is 0 Å². The molecule has 0 spiro atoms. The SMILES string of the molecule is CC(C)C1(F)OP(=O)(O)OC1(C(F)F)C(F)(F)F. The Balaban J connectivity index is 3.53. The third-order valence-corrected chi connectivity index (χ3v) is 3.50. The van der Waals surface area contributed by atoms with E-state index in [2.05, 4.69) is 9.05 Å². The zero-order valence-corrected chi connectivity index (χ0v) is 9.94. The van der Waals surface area contributed by atoms with Crippen LogP contribution in [-0.4, -0.2) is 29.0 Å². The molecule has 1 saturated heterocycles. The highest BCUT2D eigenvalue weighted by atomic mass is 31.2. The van der Waals surface area contributed by atoms with Crippen molar-refractivity contribution in [2.24, 2.45) is 5.92 Å². The summed E-state index contributed by atoms with van der Waals surface area (Å²) in [5, 5.41) is 0. The standard InChI is InChI=1S/C7H9F6O4P/c1-3(2)6(10)5(4(8)9,7(11,12)13)16-18(14,15)17-6/h3-4H,1-2H3,(H,14,15). The molecule has 0 saturated carbocycles. The Morgan fingerprint density at radius 3 is 1.89 bits per heavy atom. The van der Waals surface area contributed by atoms with Gasteiger partial charge >= 0.3 is 14.0 Å². The molecule has 1 N–H and O–H groups in total. The van der Waals surface area contributed by atoms with E-state index in [1.807, 2.05) is 0 Å². The summed E-state index contributed by atoms with van der Waals surface area (Å²) in [6.45, 7) is 1.58. The summed E-state index contributed by atoms with van der Waals surface area (Å²) < 4.78 is 95.6. The lowest BCUT2D eigenvalue weighted by Gasteiger charge is -2.38. The maximum atomic E-state index is 14.1. The van der Waals surface area contributed by atoms with Crippen molar-refractivity contribution in [3.8, 4) is 0 Å². The van der Waals surface area contributed by atoms with Gasteiger partial charge in [-0.25, -0.2) is 22.3 Å². The van der Waals surface area contributed by atoms with Crippen LogP contribution in [0, 0.1) is 5.92 Å². The molecule has 0 bridgehead atoms. The van der Waals surface area contributed by atoms with Crippen molar-refractivity contribution in [1.29, 1.82) is 0 Å². The van der Waals surface area contributed by atoms with Gasteiger partial charge in [0, 0.05) is 5.92 Å². The molecular weight excluding hydrogens is 293 g/mol. The Morgan fingerprint density at radius 2 is 1.67 bits per heavy atom. The van der Waals surface area contributed by atoms with Crippen molar-refractivity contribution in [3.05, 3.63) is 0 Å². The molecule has 0 aromatic carbocycles. The third kappa shape index (κ3) is 1.95.